The first-order valence-corrected chi connectivity index (χ1v) is 5.68. The molecule has 0 aliphatic heterocycles. The Morgan fingerprint density at radius 3 is 2.82 bits per heavy atom. The van der Waals surface area contributed by atoms with E-state index in [0.717, 1.165) is 16.3 Å². The third-order valence-electron chi connectivity index (χ3n) is 2.47. The van der Waals surface area contributed by atoms with Gasteiger partial charge >= 0.3 is 0 Å². The summed E-state index contributed by atoms with van der Waals surface area (Å²) in [5.74, 6) is 0. The van der Waals surface area contributed by atoms with Crippen LogP contribution in [-0.4, -0.2) is 4.57 Å². The van der Waals surface area contributed by atoms with Crippen molar-refractivity contribution >= 4 is 17.3 Å². The molecule has 2 rings (SSSR count). The molecule has 17 heavy (non-hydrogen) atoms. The monoisotopic (exact) mass is 248 g/mol. The number of aromatic nitrogens is 1. The summed E-state index contributed by atoms with van der Waals surface area (Å²) >= 11 is 5.90. The van der Waals surface area contributed by atoms with Gasteiger partial charge in [0.05, 0.1) is 5.69 Å². The van der Waals surface area contributed by atoms with Crippen LogP contribution < -0.4 is 10.9 Å². The maximum atomic E-state index is 11.2. The fraction of sp³-hybridized carbons (Fsp3) is 0.154. The Bertz CT molecular complexity index is 578. The summed E-state index contributed by atoms with van der Waals surface area (Å²) in [6.45, 7) is 0.679. The molecule has 0 saturated heterocycles. The van der Waals surface area contributed by atoms with Crippen molar-refractivity contribution in [2.75, 3.05) is 5.32 Å². The summed E-state index contributed by atoms with van der Waals surface area (Å²) < 4.78 is 1.54. The highest BCUT2D eigenvalue weighted by molar-refractivity contribution is 6.30. The van der Waals surface area contributed by atoms with Crippen molar-refractivity contribution in [1.82, 2.24) is 4.57 Å². The van der Waals surface area contributed by atoms with E-state index in [0.29, 0.717) is 6.54 Å². The second-order valence-corrected chi connectivity index (χ2v) is 4.29. The molecule has 0 saturated carbocycles. The second-order valence-electron chi connectivity index (χ2n) is 3.85. The number of pyridine rings is 1. The Labute approximate surface area is 105 Å². The molecule has 2 aromatic rings. The van der Waals surface area contributed by atoms with Crippen molar-refractivity contribution in [3.05, 3.63) is 63.5 Å². The molecule has 0 spiro atoms. The van der Waals surface area contributed by atoms with Gasteiger partial charge in [0, 0.05) is 30.9 Å². The van der Waals surface area contributed by atoms with Gasteiger partial charge in [-0.2, -0.15) is 0 Å². The fourth-order valence-electron chi connectivity index (χ4n) is 1.55. The summed E-state index contributed by atoms with van der Waals surface area (Å²) in [4.78, 5) is 11.2. The lowest BCUT2D eigenvalue weighted by molar-refractivity contribution is 0.859. The molecule has 1 heterocycles. The van der Waals surface area contributed by atoms with E-state index in [1.807, 2.05) is 24.3 Å². The second kappa shape index (κ2) is 5.06. The van der Waals surface area contributed by atoms with Crippen molar-refractivity contribution in [2.24, 2.45) is 7.05 Å². The van der Waals surface area contributed by atoms with E-state index >= 15 is 0 Å². The molecule has 1 aromatic heterocycles. The molecular formula is C13H13ClN2O. The molecule has 1 N–H and O–H groups in total. The van der Waals surface area contributed by atoms with Gasteiger partial charge in [-0.1, -0.05) is 23.7 Å². The Morgan fingerprint density at radius 2 is 2.12 bits per heavy atom. The Hall–Kier alpha value is -1.74. The fourth-order valence-corrected chi connectivity index (χ4v) is 1.76. The number of nitrogens with zero attached hydrogens (tertiary/aromatic N) is 1. The van der Waals surface area contributed by atoms with Crippen molar-refractivity contribution in [3.63, 3.8) is 0 Å². The van der Waals surface area contributed by atoms with Crippen LogP contribution in [0, 0.1) is 0 Å². The van der Waals surface area contributed by atoms with E-state index < -0.39 is 0 Å². The zero-order valence-corrected chi connectivity index (χ0v) is 10.2. The quantitative estimate of drug-likeness (QED) is 0.906. The minimum atomic E-state index is -0.0155. The number of hydrogen-bond donors (Lipinski definition) is 1. The predicted octanol–water partition coefficient (Wildman–Crippen LogP) is 2.65. The van der Waals surface area contributed by atoms with Crippen molar-refractivity contribution in [3.8, 4) is 0 Å². The van der Waals surface area contributed by atoms with Crippen LogP contribution in [0.5, 0.6) is 0 Å². The average molecular weight is 249 g/mol. The highest BCUT2D eigenvalue weighted by Crippen LogP contribution is 2.12. The summed E-state index contributed by atoms with van der Waals surface area (Å²) in [6, 6.07) is 11.0. The normalized spacial score (nSPS) is 10.2. The Kier molecular flexibility index (Phi) is 3.49. The maximum absolute atomic E-state index is 11.2. The van der Waals surface area contributed by atoms with Gasteiger partial charge in [-0.25, -0.2) is 0 Å². The van der Waals surface area contributed by atoms with Gasteiger partial charge in [-0.15, -0.1) is 0 Å². The number of hydrogen-bond acceptors (Lipinski definition) is 2. The minimum Gasteiger partial charge on any atom is -0.380 e. The molecule has 0 aliphatic rings. The van der Waals surface area contributed by atoms with Crippen LogP contribution >= 0.6 is 11.6 Å². The first-order valence-electron chi connectivity index (χ1n) is 5.30. The van der Waals surface area contributed by atoms with Gasteiger partial charge in [0.1, 0.15) is 0 Å². The Morgan fingerprint density at radius 1 is 1.29 bits per heavy atom. The van der Waals surface area contributed by atoms with Crippen LogP contribution in [0.4, 0.5) is 5.69 Å². The Balaban J connectivity index is 2.07. The van der Waals surface area contributed by atoms with E-state index in [1.165, 1.54) is 0 Å². The highest BCUT2D eigenvalue weighted by Gasteiger charge is 1.96. The zero-order valence-electron chi connectivity index (χ0n) is 9.48. The van der Waals surface area contributed by atoms with E-state index in [-0.39, 0.29) is 5.56 Å². The molecule has 4 heteroatoms. The summed E-state index contributed by atoms with van der Waals surface area (Å²) in [5, 5.41) is 3.96. The van der Waals surface area contributed by atoms with Crippen LogP contribution in [0.3, 0.4) is 0 Å². The number of halogens is 1. The van der Waals surface area contributed by atoms with Crippen LogP contribution in [0.2, 0.25) is 5.02 Å². The molecule has 0 fully saturated rings. The van der Waals surface area contributed by atoms with Gasteiger partial charge in [0.15, 0.2) is 0 Å². The van der Waals surface area contributed by atoms with Crippen LogP contribution in [0.25, 0.3) is 0 Å². The first kappa shape index (κ1) is 11.7. The first-order chi connectivity index (χ1) is 8.15. The van der Waals surface area contributed by atoms with E-state index in [2.05, 4.69) is 5.32 Å². The molecule has 88 valence electrons. The number of anilines is 1. The van der Waals surface area contributed by atoms with E-state index in [9.17, 15) is 4.79 Å². The highest BCUT2D eigenvalue weighted by atomic mass is 35.5. The lowest BCUT2D eigenvalue weighted by atomic mass is 10.2. The van der Waals surface area contributed by atoms with Gasteiger partial charge in [-0.05, 0) is 23.8 Å². The van der Waals surface area contributed by atoms with Crippen molar-refractivity contribution in [2.45, 2.75) is 6.54 Å². The number of rotatable bonds is 3. The lowest BCUT2D eigenvalue weighted by Crippen LogP contribution is -2.15. The standard InChI is InChI=1S/C13H13ClN2O/c1-16-9-12(5-6-13(16)17)15-8-10-3-2-4-11(14)7-10/h2-7,9,15H,8H2,1H3. The molecule has 0 aliphatic carbocycles. The zero-order chi connectivity index (χ0) is 12.3. The van der Waals surface area contributed by atoms with Crippen LogP contribution in [0.1, 0.15) is 5.56 Å². The topological polar surface area (TPSA) is 34.0 Å². The van der Waals surface area contributed by atoms with E-state index in [1.54, 1.807) is 29.9 Å². The largest absolute Gasteiger partial charge is 0.380 e. The predicted molar refractivity (Wildman–Crippen MR) is 70.5 cm³/mol. The van der Waals surface area contributed by atoms with Gasteiger partial charge in [-0.3, -0.25) is 4.79 Å². The smallest absolute Gasteiger partial charge is 0.250 e. The van der Waals surface area contributed by atoms with Crippen molar-refractivity contribution < 1.29 is 0 Å². The van der Waals surface area contributed by atoms with Gasteiger partial charge in [0.25, 0.3) is 0 Å². The van der Waals surface area contributed by atoms with Crippen molar-refractivity contribution in [1.29, 1.82) is 0 Å². The molecular weight excluding hydrogens is 236 g/mol. The maximum Gasteiger partial charge on any atom is 0.250 e. The SMILES string of the molecule is Cn1cc(NCc2cccc(Cl)c2)ccc1=O. The van der Waals surface area contributed by atoms with Gasteiger partial charge in [0.2, 0.25) is 5.56 Å². The summed E-state index contributed by atoms with van der Waals surface area (Å²) in [5.41, 5.74) is 2.00. The van der Waals surface area contributed by atoms with Crippen LogP contribution in [-0.2, 0) is 13.6 Å². The van der Waals surface area contributed by atoms with Gasteiger partial charge < -0.3 is 9.88 Å². The molecule has 0 atom stereocenters. The van der Waals surface area contributed by atoms with E-state index in [4.69, 9.17) is 11.6 Å². The molecule has 0 amide bonds. The number of benzene rings is 1. The molecule has 1 aromatic carbocycles. The molecule has 0 unspecified atom stereocenters. The summed E-state index contributed by atoms with van der Waals surface area (Å²) in [7, 11) is 1.73. The summed E-state index contributed by atoms with van der Waals surface area (Å²) in [6.07, 6.45) is 1.77. The average Bonchev–Trinajstić information content (AvgIpc) is 2.31. The minimum absolute atomic E-state index is 0.0155. The molecule has 0 radical (unpaired) electrons. The lowest BCUT2D eigenvalue weighted by Gasteiger charge is -2.07. The third kappa shape index (κ3) is 3.11. The molecule has 3 nitrogen and oxygen atoms in total. The molecule has 0 bridgehead atoms. The third-order valence-corrected chi connectivity index (χ3v) is 2.71. The number of aryl methyl sites for hydroxylation is 1. The number of nitrogens with one attached hydrogen (secondary N) is 1. The van der Waals surface area contributed by atoms with Crippen LogP contribution in [0.15, 0.2) is 47.4 Å².